The third kappa shape index (κ3) is 2.29. The fourth-order valence-electron chi connectivity index (χ4n) is 2.58. The highest BCUT2D eigenvalue weighted by molar-refractivity contribution is 5.81. The van der Waals surface area contributed by atoms with Gasteiger partial charge in [0.2, 0.25) is 0 Å². The van der Waals surface area contributed by atoms with Crippen LogP contribution >= 0.6 is 0 Å². The summed E-state index contributed by atoms with van der Waals surface area (Å²) in [6.45, 7) is 3.60. The number of rotatable bonds is 2. The molecular weight excluding hydrogens is 281 g/mol. The molecule has 0 fully saturated rings. The van der Waals surface area contributed by atoms with Gasteiger partial charge in [-0.15, -0.1) is 0 Å². The molecule has 4 nitrogen and oxygen atoms in total. The average molecular weight is 297 g/mol. The van der Waals surface area contributed by atoms with Crippen molar-refractivity contribution >= 4 is 10.9 Å². The van der Waals surface area contributed by atoms with Crippen LogP contribution in [0.2, 0.25) is 0 Å². The second kappa shape index (κ2) is 5.35. The normalized spacial score (nSPS) is 12.5. The van der Waals surface area contributed by atoms with Gasteiger partial charge in [0.05, 0.1) is 22.6 Å². The number of benzene rings is 2. The van der Waals surface area contributed by atoms with Crippen molar-refractivity contribution in [3.63, 3.8) is 0 Å². The predicted octanol–water partition coefficient (Wildman–Crippen LogP) is 2.85. The maximum absolute atomic E-state index is 13.5. The molecule has 0 aliphatic rings. The summed E-state index contributed by atoms with van der Waals surface area (Å²) in [7, 11) is 0. The average Bonchev–Trinajstić information content (AvgIpc) is 2.46. The number of nitrogens with zero attached hydrogens (tertiary/aromatic N) is 2. The summed E-state index contributed by atoms with van der Waals surface area (Å²) in [5.74, 6) is -0.00129. The van der Waals surface area contributed by atoms with Gasteiger partial charge in [0, 0.05) is 0 Å². The van der Waals surface area contributed by atoms with E-state index in [1.165, 1.54) is 16.7 Å². The quantitative estimate of drug-likeness (QED) is 0.791. The Morgan fingerprint density at radius 3 is 2.64 bits per heavy atom. The predicted molar refractivity (Wildman–Crippen MR) is 84.6 cm³/mol. The molecule has 0 spiro atoms. The third-order valence-corrected chi connectivity index (χ3v) is 3.61. The number of halogens is 1. The van der Waals surface area contributed by atoms with Gasteiger partial charge in [-0.05, 0) is 43.7 Å². The van der Waals surface area contributed by atoms with Gasteiger partial charge >= 0.3 is 0 Å². The Bertz CT molecular complexity index is 915. The molecule has 22 heavy (non-hydrogen) atoms. The first kappa shape index (κ1) is 14.4. The lowest BCUT2D eigenvalue weighted by Gasteiger charge is -2.16. The molecule has 5 heteroatoms. The van der Waals surface area contributed by atoms with Crippen LogP contribution in [-0.2, 0) is 0 Å². The second-order valence-electron chi connectivity index (χ2n) is 5.35. The highest BCUT2D eigenvalue weighted by Gasteiger charge is 2.16. The highest BCUT2D eigenvalue weighted by Crippen LogP contribution is 2.19. The van der Waals surface area contributed by atoms with Crippen molar-refractivity contribution < 1.29 is 4.39 Å². The zero-order valence-corrected chi connectivity index (χ0v) is 12.4. The van der Waals surface area contributed by atoms with E-state index >= 15 is 0 Å². The molecule has 3 rings (SSSR count). The molecule has 1 heterocycles. The lowest BCUT2D eigenvalue weighted by molar-refractivity contribution is 0.624. The third-order valence-electron chi connectivity index (χ3n) is 3.61. The van der Waals surface area contributed by atoms with E-state index in [2.05, 4.69) is 4.98 Å². The second-order valence-corrected chi connectivity index (χ2v) is 5.35. The van der Waals surface area contributed by atoms with Crippen molar-refractivity contribution in [1.29, 1.82) is 0 Å². The van der Waals surface area contributed by atoms with E-state index in [1.54, 1.807) is 25.1 Å². The van der Waals surface area contributed by atoms with E-state index in [1.807, 2.05) is 19.1 Å². The molecule has 0 aliphatic carbocycles. The number of hydrogen-bond acceptors (Lipinski definition) is 3. The molecule has 2 aromatic carbocycles. The topological polar surface area (TPSA) is 60.9 Å². The molecule has 0 saturated heterocycles. The smallest absolute Gasteiger partial charge is 0.266 e. The van der Waals surface area contributed by atoms with Gasteiger partial charge in [-0.1, -0.05) is 18.2 Å². The van der Waals surface area contributed by atoms with Crippen molar-refractivity contribution in [2.75, 3.05) is 0 Å². The Morgan fingerprint density at radius 2 is 1.95 bits per heavy atom. The Labute approximate surface area is 127 Å². The maximum Gasteiger partial charge on any atom is 0.266 e. The number of nitrogens with two attached hydrogens (primary N) is 1. The van der Waals surface area contributed by atoms with E-state index in [4.69, 9.17) is 5.73 Å². The van der Waals surface area contributed by atoms with Gasteiger partial charge in [-0.25, -0.2) is 9.37 Å². The summed E-state index contributed by atoms with van der Waals surface area (Å²) in [5.41, 5.74) is 7.59. The van der Waals surface area contributed by atoms with E-state index in [-0.39, 0.29) is 5.56 Å². The fraction of sp³-hybridized carbons (Fsp3) is 0.176. The highest BCUT2D eigenvalue weighted by atomic mass is 19.1. The number of aryl methyl sites for hydroxylation is 1. The minimum Gasteiger partial charge on any atom is -0.322 e. The molecule has 1 aromatic heterocycles. The van der Waals surface area contributed by atoms with Gasteiger partial charge in [-0.3, -0.25) is 9.36 Å². The Morgan fingerprint density at radius 1 is 1.23 bits per heavy atom. The first-order valence-corrected chi connectivity index (χ1v) is 7.03. The summed E-state index contributed by atoms with van der Waals surface area (Å²) in [6, 6.07) is 10.9. The van der Waals surface area contributed by atoms with Gasteiger partial charge in [0.1, 0.15) is 11.6 Å². The minimum atomic E-state index is -0.458. The van der Waals surface area contributed by atoms with Crippen LogP contribution in [0.1, 0.15) is 24.4 Å². The molecule has 1 atom stereocenters. The maximum atomic E-state index is 13.5. The molecule has 3 aromatic rings. The Hall–Kier alpha value is -2.53. The lowest BCUT2D eigenvalue weighted by atomic mass is 10.1. The molecule has 0 bridgehead atoms. The van der Waals surface area contributed by atoms with Crippen LogP contribution in [0, 0.1) is 12.7 Å². The van der Waals surface area contributed by atoms with E-state index in [9.17, 15) is 9.18 Å². The van der Waals surface area contributed by atoms with Gasteiger partial charge in [0.15, 0.2) is 0 Å². The van der Waals surface area contributed by atoms with Crippen molar-refractivity contribution in [2.24, 2.45) is 5.73 Å². The summed E-state index contributed by atoms with van der Waals surface area (Å²) in [4.78, 5) is 17.4. The molecule has 2 N–H and O–H groups in total. The van der Waals surface area contributed by atoms with E-state index in [0.717, 1.165) is 5.56 Å². The summed E-state index contributed by atoms with van der Waals surface area (Å²) in [6.07, 6.45) is 0. The van der Waals surface area contributed by atoms with Crippen LogP contribution in [0.25, 0.3) is 16.6 Å². The zero-order valence-electron chi connectivity index (χ0n) is 12.4. The van der Waals surface area contributed by atoms with Crippen molar-refractivity contribution in [2.45, 2.75) is 19.9 Å². The van der Waals surface area contributed by atoms with E-state index < -0.39 is 11.9 Å². The Balaban J connectivity index is 2.46. The van der Waals surface area contributed by atoms with Crippen molar-refractivity contribution in [3.05, 3.63) is 70.0 Å². The molecule has 112 valence electrons. The van der Waals surface area contributed by atoms with Gasteiger partial charge in [-0.2, -0.15) is 0 Å². The van der Waals surface area contributed by atoms with E-state index in [0.29, 0.717) is 22.4 Å². The first-order valence-electron chi connectivity index (χ1n) is 7.03. The van der Waals surface area contributed by atoms with Crippen LogP contribution in [0.4, 0.5) is 4.39 Å². The van der Waals surface area contributed by atoms with Crippen LogP contribution < -0.4 is 11.3 Å². The Kier molecular flexibility index (Phi) is 3.50. The summed E-state index contributed by atoms with van der Waals surface area (Å²) < 4.78 is 14.9. The molecule has 0 aliphatic heterocycles. The molecular formula is C17H16FN3O. The minimum absolute atomic E-state index is 0.235. The SMILES string of the molecule is Cc1cccc2nc([C@H](C)N)n(-c3cccc(F)c3)c(=O)c12. The summed E-state index contributed by atoms with van der Waals surface area (Å²) >= 11 is 0. The molecule has 0 radical (unpaired) electrons. The lowest BCUT2D eigenvalue weighted by Crippen LogP contribution is -2.28. The summed E-state index contributed by atoms with van der Waals surface area (Å²) in [5, 5.41) is 0.524. The van der Waals surface area contributed by atoms with Crippen molar-refractivity contribution in [1.82, 2.24) is 9.55 Å². The monoisotopic (exact) mass is 297 g/mol. The number of fused-ring (bicyclic) bond motifs is 1. The zero-order chi connectivity index (χ0) is 15.9. The van der Waals surface area contributed by atoms with Gasteiger partial charge < -0.3 is 5.73 Å². The standard InChI is InChI=1S/C17H16FN3O/c1-10-5-3-8-14-15(10)17(22)21(16(20-14)11(2)19)13-7-4-6-12(18)9-13/h3-9,11H,19H2,1-2H3/t11-/m0/s1. The fourth-order valence-corrected chi connectivity index (χ4v) is 2.58. The van der Waals surface area contributed by atoms with Crippen LogP contribution in [-0.4, -0.2) is 9.55 Å². The van der Waals surface area contributed by atoms with Crippen LogP contribution in [0.3, 0.4) is 0 Å². The molecule has 0 saturated carbocycles. The number of aromatic nitrogens is 2. The molecule has 0 unspecified atom stereocenters. The van der Waals surface area contributed by atoms with Crippen LogP contribution in [0.5, 0.6) is 0 Å². The van der Waals surface area contributed by atoms with Crippen LogP contribution in [0.15, 0.2) is 47.3 Å². The molecule has 0 amide bonds. The number of hydrogen-bond donors (Lipinski definition) is 1. The largest absolute Gasteiger partial charge is 0.322 e. The van der Waals surface area contributed by atoms with Gasteiger partial charge in [0.25, 0.3) is 5.56 Å². The first-order chi connectivity index (χ1) is 10.5. The van der Waals surface area contributed by atoms with Crippen molar-refractivity contribution in [3.8, 4) is 5.69 Å².